The molecule has 0 amide bonds. The van der Waals surface area contributed by atoms with Gasteiger partial charge in [-0.1, -0.05) is 24.3 Å². The molecule has 0 aliphatic heterocycles. The zero-order chi connectivity index (χ0) is 12.3. The Morgan fingerprint density at radius 1 is 0.941 bits per heavy atom. The SMILES string of the molecule is CC(Nc1ccccc1F)c1ccc(F)cc1. The molecule has 0 aliphatic rings. The van der Waals surface area contributed by atoms with E-state index in [9.17, 15) is 8.78 Å². The van der Waals surface area contributed by atoms with E-state index in [1.165, 1.54) is 18.2 Å². The van der Waals surface area contributed by atoms with Gasteiger partial charge in [0, 0.05) is 6.04 Å². The van der Waals surface area contributed by atoms with Gasteiger partial charge in [-0.2, -0.15) is 0 Å². The molecule has 0 aliphatic carbocycles. The molecule has 2 aromatic carbocycles. The summed E-state index contributed by atoms with van der Waals surface area (Å²) in [6, 6.07) is 12.6. The van der Waals surface area contributed by atoms with E-state index in [1.54, 1.807) is 30.3 Å². The van der Waals surface area contributed by atoms with Crippen LogP contribution in [0.4, 0.5) is 14.5 Å². The van der Waals surface area contributed by atoms with E-state index in [2.05, 4.69) is 5.32 Å². The molecule has 0 saturated carbocycles. The van der Waals surface area contributed by atoms with E-state index in [0.29, 0.717) is 5.69 Å². The van der Waals surface area contributed by atoms with Crippen molar-refractivity contribution in [3.63, 3.8) is 0 Å². The number of halogens is 2. The molecule has 3 heteroatoms. The lowest BCUT2D eigenvalue weighted by Gasteiger charge is -2.16. The lowest BCUT2D eigenvalue weighted by molar-refractivity contribution is 0.623. The number of nitrogens with one attached hydrogen (secondary N) is 1. The van der Waals surface area contributed by atoms with E-state index in [1.807, 2.05) is 6.92 Å². The van der Waals surface area contributed by atoms with Gasteiger partial charge >= 0.3 is 0 Å². The van der Waals surface area contributed by atoms with Crippen molar-refractivity contribution in [1.82, 2.24) is 0 Å². The molecule has 0 bridgehead atoms. The molecule has 2 aromatic rings. The molecule has 0 radical (unpaired) electrons. The minimum Gasteiger partial charge on any atom is -0.376 e. The van der Waals surface area contributed by atoms with Crippen LogP contribution < -0.4 is 5.32 Å². The van der Waals surface area contributed by atoms with E-state index in [0.717, 1.165) is 5.56 Å². The molecule has 0 heterocycles. The molecule has 0 aromatic heterocycles. The number of para-hydroxylation sites is 1. The quantitative estimate of drug-likeness (QED) is 0.840. The van der Waals surface area contributed by atoms with Crippen molar-refractivity contribution in [1.29, 1.82) is 0 Å². The predicted molar refractivity (Wildman–Crippen MR) is 64.8 cm³/mol. The smallest absolute Gasteiger partial charge is 0.146 e. The number of benzene rings is 2. The fraction of sp³-hybridized carbons (Fsp3) is 0.143. The van der Waals surface area contributed by atoms with Crippen LogP contribution in [-0.4, -0.2) is 0 Å². The first kappa shape index (κ1) is 11.6. The van der Waals surface area contributed by atoms with E-state index in [4.69, 9.17) is 0 Å². The van der Waals surface area contributed by atoms with Crippen LogP contribution in [0.2, 0.25) is 0 Å². The zero-order valence-electron chi connectivity index (χ0n) is 9.45. The summed E-state index contributed by atoms with van der Waals surface area (Å²) in [5.41, 5.74) is 1.36. The molecular formula is C14H13F2N. The van der Waals surface area contributed by atoms with Gasteiger partial charge in [0.1, 0.15) is 11.6 Å². The van der Waals surface area contributed by atoms with Crippen LogP contribution in [0.3, 0.4) is 0 Å². The second kappa shape index (κ2) is 4.95. The summed E-state index contributed by atoms with van der Waals surface area (Å²) in [5, 5.41) is 3.05. The van der Waals surface area contributed by atoms with Gasteiger partial charge in [0.25, 0.3) is 0 Å². The largest absolute Gasteiger partial charge is 0.376 e. The highest BCUT2D eigenvalue weighted by molar-refractivity contribution is 5.46. The maximum absolute atomic E-state index is 13.4. The van der Waals surface area contributed by atoms with Crippen molar-refractivity contribution in [3.8, 4) is 0 Å². The monoisotopic (exact) mass is 233 g/mol. The van der Waals surface area contributed by atoms with Crippen LogP contribution in [0.5, 0.6) is 0 Å². The van der Waals surface area contributed by atoms with Crippen molar-refractivity contribution < 1.29 is 8.78 Å². The van der Waals surface area contributed by atoms with Crippen LogP contribution in [0.1, 0.15) is 18.5 Å². The Morgan fingerprint density at radius 2 is 1.59 bits per heavy atom. The summed E-state index contributed by atoms with van der Waals surface area (Å²) >= 11 is 0. The highest BCUT2D eigenvalue weighted by Gasteiger charge is 2.07. The summed E-state index contributed by atoms with van der Waals surface area (Å²) in [6.07, 6.45) is 0. The first-order valence-corrected chi connectivity index (χ1v) is 5.43. The van der Waals surface area contributed by atoms with E-state index < -0.39 is 0 Å². The van der Waals surface area contributed by atoms with Gasteiger partial charge in [-0.05, 0) is 36.8 Å². The number of rotatable bonds is 3. The minimum absolute atomic E-state index is 0.0764. The molecule has 1 atom stereocenters. The Labute approximate surface area is 99.1 Å². The van der Waals surface area contributed by atoms with Gasteiger partial charge in [-0.3, -0.25) is 0 Å². The minimum atomic E-state index is -0.290. The molecule has 0 saturated heterocycles. The Kier molecular flexibility index (Phi) is 3.38. The van der Waals surface area contributed by atoms with Crippen molar-refractivity contribution in [2.24, 2.45) is 0 Å². The van der Waals surface area contributed by atoms with Crippen LogP contribution in [-0.2, 0) is 0 Å². The van der Waals surface area contributed by atoms with Crippen LogP contribution in [0.15, 0.2) is 48.5 Å². The number of hydrogen-bond donors (Lipinski definition) is 1. The molecule has 1 unspecified atom stereocenters. The Hall–Kier alpha value is -1.90. The fourth-order valence-corrected chi connectivity index (χ4v) is 1.65. The van der Waals surface area contributed by atoms with Crippen LogP contribution >= 0.6 is 0 Å². The summed E-state index contributed by atoms with van der Waals surface area (Å²) in [6.45, 7) is 1.90. The molecular weight excluding hydrogens is 220 g/mol. The third-order valence-electron chi connectivity index (χ3n) is 2.62. The Morgan fingerprint density at radius 3 is 2.24 bits per heavy atom. The van der Waals surface area contributed by atoms with Gasteiger partial charge in [0.15, 0.2) is 0 Å². The topological polar surface area (TPSA) is 12.0 Å². The Bertz CT molecular complexity index is 494. The lowest BCUT2D eigenvalue weighted by atomic mass is 10.1. The average Bonchev–Trinajstić information content (AvgIpc) is 2.33. The van der Waals surface area contributed by atoms with Gasteiger partial charge in [0.2, 0.25) is 0 Å². The van der Waals surface area contributed by atoms with Crippen molar-refractivity contribution in [2.75, 3.05) is 5.32 Å². The highest BCUT2D eigenvalue weighted by Crippen LogP contribution is 2.21. The summed E-state index contributed by atoms with van der Waals surface area (Å²) in [4.78, 5) is 0. The second-order valence-corrected chi connectivity index (χ2v) is 3.90. The third-order valence-corrected chi connectivity index (χ3v) is 2.62. The van der Waals surface area contributed by atoms with E-state index >= 15 is 0 Å². The maximum atomic E-state index is 13.4. The molecule has 88 valence electrons. The molecule has 1 nitrogen and oxygen atoms in total. The first-order valence-electron chi connectivity index (χ1n) is 5.43. The zero-order valence-corrected chi connectivity index (χ0v) is 9.45. The van der Waals surface area contributed by atoms with Crippen molar-refractivity contribution >= 4 is 5.69 Å². The maximum Gasteiger partial charge on any atom is 0.146 e. The number of hydrogen-bond acceptors (Lipinski definition) is 1. The van der Waals surface area contributed by atoms with E-state index in [-0.39, 0.29) is 17.7 Å². The molecule has 0 spiro atoms. The fourth-order valence-electron chi connectivity index (χ4n) is 1.65. The van der Waals surface area contributed by atoms with Gasteiger partial charge in [0.05, 0.1) is 5.69 Å². The molecule has 2 rings (SSSR count). The standard InChI is InChI=1S/C14H13F2N/c1-10(11-6-8-12(15)9-7-11)17-14-5-3-2-4-13(14)16/h2-10,17H,1H3. The molecule has 1 N–H and O–H groups in total. The summed E-state index contributed by atoms with van der Waals surface area (Å²) < 4.78 is 26.2. The highest BCUT2D eigenvalue weighted by atomic mass is 19.1. The van der Waals surface area contributed by atoms with Gasteiger partial charge in [-0.15, -0.1) is 0 Å². The normalized spacial score (nSPS) is 12.2. The van der Waals surface area contributed by atoms with Crippen molar-refractivity contribution in [3.05, 3.63) is 65.7 Å². The van der Waals surface area contributed by atoms with Crippen LogP contribution in [0, 0.1) is 11.6 Å². The predicted octanol–water partition coefficient (Wildman–Crippen LogP) is 4.14. The van der Waals surface area contributed by atoms with Gasteiger partial charge < -0.3 is 5.32 Å². The second-order valence-electron chi connectivity index (χ2n) is 3.90. The Balaban J connectivity index is 2.14. The van der Waals surface area contributed by atoms with Gasteiger partial charge in [-0.25, -0.2) is 8.78 Å². The molecule has 17 heavy (non-hydrogen) atoms. The lowest BCUT2D eigenvalue weighted by Crippen LogP contribution is -2.07. The van der Waals surface area contributed by atoms with Crippen LogP contribution in [0.25, 0.3) is 0 Å². The number of anilines is 1. The average molecular weight is 233 g/mol. The molecule has 0 fully saturated rings. The first-order chi connectivity index (χ1) is 8.16. The van der Waals surface area contributed by atoms with Crippen molar-refractivity contribution in [2.45, 2.75) is 13.0 Å². The summed E-state index contributed by atoms with van der Waals surface area (Å²) in [5.74, 6) is -0.562. The third kappa shape index (κ3) is 2.81. The summed E-state index contributed by atoms with van der Waals surface area (Å²) in [7, 11) is 0.